The molecule has 0 saturated carbocycles. The van der Waals surface area contributed by atoms with Gasteiger partial charge in [-0.2, -0.15) is 17.0 Å². The summed E-state index contributed by atoms with van der Waals surface area (Å²) in [5.74, 6) is -0.238. The minimum Gasteiger partial charge on any atom is -0.349 e. The lowest BCUT2D eigenvalue weighted by Gasteiger charge is -2.33. The Morgan fingerprint density at radius 2 is 1.83 bits per heavy atom. The molecule has 128 valence electrons. The highest BCUT2D eigenvalue weighted by atomic mass is 35.5. The summed E-state index contributed by atoms with van der Waals surface area (Å²) < 4.78 is 26.7. The molecule has 1 saturated heterocycles. The van der Waals surface area contributed by atoms with Gasteiger partial charge in [0.05, 0.1) is 10.0 Å². The maximum Gasteiger partial charge on any atom is 0.281 e. The number of amides is 1. The molecule has 1 aromatic carbocycles. The van der Waals surface area contributed by atoms with Crippen molar-refractivity contribution in [3.8, 4) is 0 Å². The van der Waals surface area contributed by atoms with Crippen molar-refractivity contribution in [1.82, 2.24) is 13.9 Å². The van der Waals surface area contributed by atoms with Gasteiger partial charge in [-0.25, -0.2) is 0 Å². The summed E-state index contributed by atoms with van der Waals surface area (Å²) >= 11 is 11.7. The zero-order valence-corrected chi connectivity index (χ0v) is 15.2. The smallest absolute Gasteiger partial charge is 0.281 e. The Bertz CT molecular complexity index is 687. The van der Waals surface area contributed by atoms with Crippen LogP contribution in [-0.2, 0) is 10.2 Å². The average Bonchev–Trinajstić information content (AvgIpc) is 2.50. The van der Waals surface area contributed by atoms with Gasteiger partial charge in [-0.15, -0.1) is 0 Å². The number of hydrogen-bond donors (Lipinski definition) is 1. The molecule has 1 aliphatic heterocycles. The van der Waals surface area contributed by atoms with Crippen LogP contribution >= 0.6 is 23.2 Å². The molecule has 0 spiro atoms. The Hall–Kier alpha value is -0.860. The molecule has 0 unspecified atom stereocenters. The molecular weight excluding hydrogens is 361 g/mol. The molecule has 2 rings (SSSR count). The molecule has 0 aliphatic carbocycles. The lowest BCUT2D eigenvalue weighted by Crippen LogP contribution is -2.49. The largest absolute Gasteiger partial charge is 0.349 e. The van der Waals surface area contributed by atoms with Crippen molar-refractivity contribution in [1.29, 1.82) is 0 Å². The highest BCUT2D eigenvalue weighted by Gasteiger charge is 2.30. The van der Waals surface area contributed by atoms with E-state index in [1.54, 1.807) is 12.1 Å². The first-order chi connectivity index (χ1) is 10.7. The van der Waals surface area contributed by atoms with Crippen LogP contribution in [0.1, 0.15) is 23.2 Å². The fourth-order valence-electron chi connectivity index (χ4n) is 2.37. The second-order valence-electron chi connectivity index (χ2n) is 5.57. The van der Waals surface area contributed by atoms with E-state index in [0.29, 0.717) is 41.5 Å². The molecule has 23 heavy (non-hydrogen) atoms. The van der Waals surface area contributed by atoms with Gasteiger partial charge in [0.15, 0.2) is 0 Å². The minimum atomic E-state index is -3.39. The zero-order valence-electron chi connectivity index (χ0n) is 12.9. The van der Waals surface area contributed by atoms with Gasteiger partial charge in [0.2, 0.25) is 0 Å². The number of nitrogens with one attached hydrogen (secondary N) is 1. The zero-order chi connectivity index (χ0) is 17.2. The van der Waals surface area contributed by atoms with Crippen LogP contribution in [0.5, 0.6) is 0 Å². The van der Waals surface area contributed by atoms with E-state index < -0.39 is 10.2 Å². The SMILES string of the molecule is CN(C)S(=O)(=O)N1CCC(NC(=O)c2ccc(Cl)c(Cl)c2)CC1. The second kappa shape index (κ2) is 7.36. The highest BCUT2D eigenvalue weighted by Crippen LogP contribution is 2.23. The van der Waals surface area contributed by atoms with Crippen LogP contribution in [-0.4, -0.2) is 56.2 Å². The molecule has 1 heterocycles. The van der Waals surface area contributed by atoms with Gasteiger partial charge in [0.1, 0.15) is 0 Å². The first-order valence-electron chi connectivity index (χ1n) is 7.15. The topological polar surface area (TPSA) is 69.7 Å². The first kappa shape index (κ1) is 18.5. The number of carbonyl (C=O) groups excluding carboxylic acids is 1. The summed E-state index contributed by atoms with van der Waals surface area (Å²) in [7, 11) is -0.378. The van der Waals surface area contributed by atoms with Crippen molar-refractivity contribution in [2.24, 2.45) is 0 Å². The van der Waals surface area contributed by atoms with Crippen molar-refractivity contribution in [3.63, 3.8) is 0 Å². The van der Waals surface area contributed by atoms with Crippen molar-refractivity contribution < 1.29 is 13.2 Å². The summed E-state index contributed by atoms with van der Waals surface area (Å²) in [5.41, 5.74) is 0.433. The molecule has 1 N–H and O–H groups in total. The predicted molar refractivity (Wildman–Crippen MR) is 91.1 cm³/mol. The molecule has 0 atom stereocenters. The summed E-state index contributed by atoms with van der Waals surface area (Å²) in [6, 6.07) is 4.64. The Morgan fingerprint density at radius 3 is 2.35 bits per heavy atom. The fraction of sp³-hybridized carbons (Fsp3) is 0.500. The van der Waals surface area contributed by atoms with Gasteiger partial charge in [0.25, 0.3) is 16.1 Å². The van der Waals surface area contributed by atoms with Gasteiger partial charge in [-0.1, -0.05) is 23.2 Å². The Labute approximate surface area is 146 Å². The van der Waals surface area contributed by atoms with E-state index in [0.717, 1.165) is 0 Å². The van der Waals surface area contributed by atoms with Crippen LogP contribution in [0.4, 0.5) is 0 Å². The van der Waals surface area contributed by atoms with E-state index in [-0.39, 0.29) is 11.9 Å². The number of piperidine rings is 1. The number of halogens is 2. The van der Waals surface area contributed by atoms with Crippen molar-refractivity contribution >= 4 is 39.3 Å². The fourth-order valence-corrected chi connectivity index (χ4v) is 3.80. The third-order valence-corrected chi connectivity index (χ3v) is 6.44. The van der Waals surface area contributed by atoms with Gasteiger partial charge < -0.3 is 5.32 Å². The van der Waals surface area contributed by atoms with E-state index in [9.17, 15) is 13.2 Å². The van der Waals surface area contributed by atoms with Crippen LogP contribution in [0.15, 0.2) is 18.2 Å². The first-order valence-corrected chi connectivity index (χ1v) is 9.30. The van der Waals surface area contributed by atoms with E-state index in [2.05, 4.69) is 5.32 Å². The summed E-state index contributed by atoms with van der Waals surface area (Å²) in [5, 5.41) is 3.63. The molecule has 1 aliphatic rings. The van der Waals surface area contributed by atoms with Crippen LogP contribution in [0.3, 0.4) is 0 Å². The molecule has 0 radical (unpaired) electrons. The molecule has 0 bridgehead atoms. The van der Waals surface area contributed by atoms with Gasteiger partial charge in [-0.05, 0) is 31.0 Å². The lowest BCUT2D eigenvalue weighted by molar-refractivity contribution is 0.0923. The average molecular weight is 380 g/mol. The predicted octanol–water partition coefficient (Wildman–Crippen LogP) is 1.99. The Balaban J connectivity index is 1.94. The maximum atomic E-state index is 12.2. The quantitative estimate of drug-likeness (QED) is 0.869. The number of nitrogens with zero attached hydrogens (tertiary/aromatic N) is 2. The molecular formula is C14H19Cl2N3O3S. The lowest BCUT2D eigenvalue weighted by atomic mass is 10.1. The monoisotopic (exact) mass is 379 g/mol. The van der Waals surface area contributed by atoms with Crippen LogP contribution < -0.4 is 5.32 Å². The molecule has 1 aromatic rings. The van der Waals surface area contributed by atoms with E-state index in [1.807, 2.05) is 0 Å². The normalized spacial score (nSPS) is 17.4. The van der Waals surface area contributed by atoms with Crippen LogP contribution in [0, 0.1) is 0 Å². The van der Waals surface area contributed by atoms with Crippen LogP contribution in [0.25, 0.3) is 0 Å². The van der Waals surface area contributed by atoms with Gasteiger partial charge >= 0.3 is 0 Å². The molecule has 1 amide bonds. The van der Waals surface area contributed by atoms with Gasteiger partial charge in [0, 0.05) is 38.8 Å². The Morgan fingerprint density at radius 1 is 1.22 bits per heavy atom. The van der Waals surface area contributed by atoms with Crippen LogP contribution in [0.2, 0.25) is 10.0 Å². The van der Waals surface area contributed by atoms with E-state index in [1.165, 1.54) is 28.8 Å². The third-order valence-electron chi connectivity index (χ3n) is 3.76. The van der Waals surface area contributed by atoms with E-state index in [4.69, 9.17) is 23.2 Å². The molecule has 9 heteroatoms. The maximum absolute atomic E-state index is 12.2. The Kier molecular flexibility index (Phi) is 5.91. The van der Waals surface area contributed by atoms with Gasteiger partial charge in [-0.3, -0.25) is 4.79 Å². The number of rotatable bonds is 4. The standard InChI is InChI=1S/C14H19Cl2N3O3S/c1-18(2)23(21,22)19-7-5-11(6-8-19)17-14(20)10-3-4-12(15)13(16)9-10/h3-4,9,11H,5-8H2,1-2H3,(H,17,20). The third kappa shape index (κ3) is 4.36. The summed E-state index contributed by atoms with van der Waals surface area (Å²) in [4.78, 5) is 12.2. The number of carbonyl (C=O) groups is 1. The molecule has 1 fully saturated rings. The number of hydrogen-bond acceptors (Lipinski definition) is 3. The van der Waals surface area contributed by atoms with E-state index >= 15 is 0 Å². The molecule has 0 aromatic heterocycles. The van der Waals surface area contributed by atoms with Crippen molar-refractivity contribution in [3.05, 3.63) is 33.8 Å². The number of benzene rings is 1. The molecule has 6 nitrogen and oxygen atoms in total. The highest BCUT2D eigenvalue weighted by molar-refractivity contribution is 7.86. The minimum absolute atomic E-state index is 0.0643. The summed E-state index contributed by atoms with van der Waals surface area (Å²) in [6.45, 7) is 0.764. The summed E-state index contributed by atoms with van der Waals surface area (Å²) in [6.07, 6.45) is 1.14. The van der Waals surface area contributed by atoms with Crippen molar-refractivity contribution in [2.75, 3.05) is 27.2 Å². The van der Waals surface area contributed by atoms with Crippen molar-refractivity contribution in [2.45, 2.75) is 18.9 Å². The second-order valence-corrected chi connectivity index (χ2v) is 8.52.